The molecule has 1 aliphatic rings. The fourth-order valence-electron chi connectivity index (χ4n) is 4.02. The summed E-state index contributed by atoms with van der Waals surface area (Å²) in [6.07, 6.45) is -3.44. The largest absolute Gasteiger partial charge is 0.480 e. The number of aliphatic carboxylic acids is 1. The summed E-state index contributed by atoms with van der Waals surface area (Å²) in [4.78, 5) is 23.8. The third-order valence-electron chi connectivity index (χ3n) is 5.59. The van der Waals surface area contributed by atoms with Crippen LogP contribution in [-0.2, 0) is 9.53 Å². The van der Waals surface area contributed by atoms with Crippen molar-refractivity contribution >= 4 is 12.1 Å². The quantitative estimate of drug-likeness (QED) is 0.599. The summed E-state index contributed by atoms with van der Waals surface area (Å²) >= 11 is 0. The molecule has 0 aliphatic heterocycles. The topological polar surface area (TPSA) is 75.6 Å². The number of carboxylic acid groups (broad SMARTS) is 1. The van der Waals surface area contributed by atoms with Gasteiger partial charge in [0.15, 0.2) is 0 Å². The van der Waals surface area contributed by atoms with E-state index in [2.05, 4.69) is 5.32 Å². The maximum Gasteiger partial charge on any atom is 0.407 e. The number of carbonyl (C=O) groups excluding carboxylic acids is 1. The molecule has 0 saturated heterocycles. The van der Waals surface area contributed by atoms with Crippen molar-refractivity contribution in [1.82, 2.24) is 5.32 Å². The summed E-state index contributed by atoms with van der Waals surface area (Å²) in [6.45, 7) is 1.78. The number of hydrogen-bond donors (Lipinski definition) is 2. The van der Waals surface area contributed by atoms with Crippen molar-refractivity contribution < 1.29 is 28.2 Å². The number of nitrogens with one attached hydrogen (secondary N) is 1. The molecule has 0 heterocycles. The summed E-state index contributed by atoms with van der Waals surface area (Å²) in [6, 6.07) is 14.5. The van der Waals surface area contributed by atoms with E-state index in [0.29, 0.717) is 6.42 Å². The average Bonchev–Trinajstić information content (AvgIpc) is 3.04. The van der Waals surface area contributed by atoms with Crippen molar-refractivity contribution in [2.24, 2.45) is 5.92 Å². The number of amides is 1. The maximum atomic E-state index is 12.7. The second-order valence-electron chi connectivity index (χ2n) is 7.50. The van der Waals surface area contributed by atoms with E-state index >= 15 is 0 Å². The molecular weight excluding hydrogens is 392 g/mol. The number of halogens is 2. The fraction of sp³-hybridized carbons (Fsp3) is 0.391. The zero-order valence-electron chi connectivity index (χ0n) is 16.7. The number of benzene rings is 2. The monoisotopic (exact) mass is 417 g/mol. The van der Waals surface area contributed by atoms with Crippen molar-refractivity contribution in [2.45, 2.75) is 44.6 Å². The Morgan fingerprint density at radius 3 is 2.10 bits per heavy atom. The van der Waals surface area contributed by atoms with Crippen molar-refractivity contribution in [3.8, 4) is 11.1 Å². The number of alkyl carbamates (subject to hydrolysis) is 1. The van der Waals surface area contributed by atoms with Crippen LogP contribution in [0.25, 0.3) is 11.1 Å². The minimum atomic E-state index is -2.51. The number of hydrogen-bond acceptors (Lipinski definition) is 3. The van der Waals surface area contributed by atoms with Gasteiger partial charge in [-0.2, -0.15) is 0 Å². The highest BCUT2D eigenvalue weighted by Crippen LogP contribution is 2.44. The Bertz CT molecular complexity index is 857. The normalized spacial score (nSPS) is 14.7. The molecule has 0 aromatic heterocycles. The van der Waals surface area contributed by atoms with Crippen LogP contribution in [0.3, 0.4) is 0 Å². The minimum Gasteiger partial charge on any atom is -0.480 e. The Balaban J connectivity index is 1.64. The minimum absolute atomic E-state index is 0.0560. The first kappa shape index (κ1) is 21.7. The lowest BCUT2D eigenvalue weighted by atomic mass is 9.94. The van der Waals surface area contributed by atoms with Crippen molar-refractivity contribution in [1.29, 1.82) is 0 Å². The second kappa shape index (κ2) is 9.69. The van der Waals surface area contributed by atoms with Crippen LogP contribution >= 0.6 is 0 Å². The average molecular weight is 417 g/mol. The van der Waals surface area contributed by atoms with E-state index in [1.807, 2.05) is 48.5 Å². The van der Waals surface area contributed by atoms with Crippen LogP contribution in [0.2, 0.25) is 0 Å². The van der Waals surface area contributed by atoms with Gasteiger partial charge in [0.1, 0.15) is 12.6 Å². The van der Waals surface area contributed by atoms with E-state index < -0.39 is 36.9 Å². The molecule has 2 atom stereocenters. The highest BCUT2D eigenvalue weighted by molar-refractivity contribution is 5.81. The van der Waals surface area contributed by atoms with Crippen LogP contribution in [0.4, 0.5) is 13.6 Å². The third kappa shape index (κ3) is 4.96. The van der Waals surface area contributed by atoms with Gasteiger partial charge in [0.2, 0.25) is 6.43 Å². The first-order valence-electron chi connectivity index (χ1n) is 10.0. The lowest BCUT2D eigenvalue weighted by molar-refractivity contribution is -0.140. The van der Waals surface area contributed by atoms with Gasteiger partial charge >= 0.3 is 12.1 Å². The molecule has 5 nitrogen and oxygen atoms in total. The molecule has 2 aromatic rings. The van der Waals surface area contributed by atoms with Gasteiger partial charge in [-0.1, -0.05) is 61.9 Å². The third-order valence-corrected chi connectivity index (χ3v) is 5.59. The molecule has 0 bridgehead atoms. The lowest BCUT2D eigenvalue weighted by Crippen LogP contribution is -2.42. The molecule has 7 heteroatoms. The van der Waals surface area contributed by atoms with E-state index in [0.717, 1.165) is 22.3 Å². The molecule has 1 aliphatic carbocycles. The first-order valence-corrected chi connectivity index (χ1v) is 10.0. The van der Waals surface area contributed by atoms with Crippen LogP contribution in [0.1, 0.15) is 43.2 Å². The number of rotatable bonds is 9. The first-order chi connectivity index (χ1) is 14.4. The maximum absolute atomic E-state index is 12.7. The molecule has 160 valence electrons. The van der Waals surface area contributed by atoms with E-state index in [1.165, 1.54) is 0 Å². The molecule has 1 amide bonds. The number of carboxylic acids is 1. The van der Waals surface area contributed by atoms with Crippen molar-refractivity contribution in [3.05, 3.63) is 59.7 Å². The van der Waals surface area contributed by atoms with Gasteiger partial charge in [-0.3, -0.25) is 0 Å². The number of alkyl halides is 2. The van der Waals surface area contributed by atoms with Crippen LogP contribution in [0.5, 0.6) is 0 Å². The smallest absolute Gasteiger partial charge is 0.407 e. The predicted octanol–water partition coefficient (Wildman–Crippen LogP) is 5.05. The van der Waals surface area contributed by atoms with Gasteiger partial charge in [0.25, 0.3) is 0 Å². The molecule has 0 radical (unpaired) electrons. The number of fused-ring (bicyclic) bond motifs is 3. The SMILES string of the molecule is CCC(CC(F)F)CC(NC(=O)OCC1c2ccccc2-c2ccccc21)C(=O)O. The summed E-state index contributed by atoms with van der Waals surface area (Å²) in [5.74, 6) is -1.91. The predicted molar refractivity (Wildman–Crippen MR) is 109 cm³/mol. The summed E-state index contributed by atoms with van der Waals surface area (Å²) in [5, 5.41) is 11.7. The molecule has 2 N–H and O–H groups in total. The molecular formula is C23H25F2NO4. The molecule has 3 rings (SSSR count). The van der Waals surface area contributed by atoms with Gasteiger partial charge in [-0.15, -0.1) is 0 Å². The van der Waals surface area contributed by atoms with Crippen LogP contribution in [0, 0.1) is 5.92 Å². The van der Waals surface area contributed by atoms with Gasteiger partial charge in [0, 0.05) is 12.3 Å². The Morgan fingerprint density at radius 1 is 1.03 bits per heavy atom. The standard InChI is InChI=1S/C23H25F2NO4/c1-2-14(12-21(24)25)11-20(22(27)28)26-23(29)30-13-19-17-9-5-3-7-15(17)16-8-4-6-10-18(16)19/h3-10,14,19-21H,2,11-13H2,1H3,(H,26,29)(H,27,28). The second-order valence-corrected chi connectivity index (χ2v) is 7.50. The highest BCUT2D eigenvalue weighted by Gasteiger charge is 2.30. The summed E-state index contributed by atoms with van der Waals surface area (Å²) in [5.41, 5.74) is 4.26. The molecule has 0 spiro atoms. The molecule has 2 aromatic carbocycles. The number of ether oxygens (including phenoxy) is 1. The van der Waals surface area contributed by atoms with Crippen LogP contribution in [0.15, 0.2) is 48.5 Å². The lowest BCUT2D eigenvalue weighted by Gasteiger charge is -2.21. The number of carbonyl (C=O) groups is 2. The highest BCUT2D eigenvalue weighted by atomic mass is 19.3. The molecule has 2 unspecified atom stereocenters. The van der Waals surface area contributed by atoms with E-state index in [4.69, 9.17) is 4.74 Å². The molecule has 0 fully saturated rings. The van der Waals surface area contributed by atoms with Gasteiger partial charge in [-0.05, 0) is 34.6 Å². The molecule has 0 saturated carbocycles. The Labute approximate surface area is 174 Å². The molecule has 30 heavy (non-hydrogen) atoms. The zero-order valence-corrected chi connectivity index (χ0v) is 16.7. The van der Waals surface area contributed by atoms with Gasteiger partial charge in [0.05, 0.1) is 0 Å². The van der Waals surface area contributed by atoms with Crippen LogP contribution in [-0.4, -0.2) is 36.2 Å². The Hall–Kier alpha value is -2.96. The van der Waals surface area contributed by atoms with Crippen molar-refractivity contribution in [2.75, 3.05) is 6.61 Å². The van der Waals surface area contributed by atoms with E-state index in [1.54, 1.807) is 6.92 Å². The summed E-state index contributed by atoms with van der Waals surface area (Å²) in [7, 11) is 0. The Kier molecular flexibility index (Phi) is 7.03. The van der Waals surface area contributed by atoms with Crippen molar-refractivity contribution in [3.63, 3.8) is 0 Å². The van der Waals surface area contributed by atoms with Gasteiger partial charge in [-0.25, -0.2) is 18.4 Å². The van der Waals surface area contributed by atoms with Gasteiger partial charge < -0.3 is 15.2 Å². The Morgan fingerprint density at radius 2 is 1.60 bits per heavy atom. The fourth-order valence-corrected chi connectivity index (χ4v) is 4.02. The summed E-state index contributed by atoms with van der Waals surface area (Å²) < 4.78 is 30.7. The van der Waals surface area contributed by atoms with E-state index in [9.17, 15) is 23.5 Å². The van der Waals surface area contributed by atoms with Crippen LogP contribution < -0.4 is 5.32 Å². The zero-order chi connectivity index (χ0) is 21.7. The van der Waals surface area contributed by atoms with E-state index in [-0.39, 0.29) is 18.9 Å².